The highest BCUT2D eigenvalue weighted by Crippen LogP contribution is 2.36. The van der Waals surface area contributed by atoms with E-state index in [1.165, 1.54) is 0 Å². The van der Waals surface area contributed by atoms with Crippen molar-refractivity contribution in [3.05, 3.63) is 78.5 Å². The first kappa shape index (κ1) is 25.3. The van der Waals surface area contributed by atoms with Crippen LogP contribution in [0.25, 0.3) is 16.9 Å². The van der Waals surface area contributed by atoms with Gasteiger partial charge in [0.25, 0.3) is 0 Å². The van der Waals surface area contributed by atoms with Crippen LogP contribution in [0.4, 0.5) is 5.82 Å². The van der Waals surface area contributed by atoms with Gasteiger partial charge in [-0.05, 0) is 74.6 Å². The molecule has 0 aliphatic rings. The number of fused-ring (bicyclic) bond motifs is 1. The van der Waals surface area contributed by atoms with E-state index >= 15 is 0 Å². The third-order valence-electron chi connectivity index (χ3n) is 5.65. The molecule has 0 aliphatic heterocycles. The van der Waals surface area contributed by atoms with Crippen molar-refractivity contribution in [1.29, 1.82) is 0 Å². The van der Waals surface area contributed by atoms with E-state index in [0.717, 1.165) is 34.7 Å². The number of carbonyl (C=O) groups is 1. The van der Waals surface area contributed by atoms with Crippen molar-refractivity contribution in [3.63, 3.8) is 0 Å². The van der Waals surface area contributed by atoms with Crippen LogP contribution >= 0.6 is 0 Å². The van der Waals surface area contributed by atoms with E-state index in [1.54, 1.807) is 18.2 Å². The van der Waals surface area contributed by atoms with Gasteiger partial charge >= 0.3 is 5.97 Å². The number of pyridine rings is 1. The number of nitrogens with one attached hydrogen (secondary N) is 1. The monoisotopic (exact) mass is 485 g/mol. The third-order valence-corrected chi connectivity index (χ3v) is 5.65. The van der Waals surface area contributed by atoms with Crippen LogP contribution in [0, 0.1) is 12.3 Å². The van der Waals surface area contributed by atoms with Crippen LogP contribution in [0.3, 0.4) is 0 Å². The first-order valence-corrected chi connectivity index (χ1v) is 12.2. The summed E-state index contributed by atoms with van der Waals surface area (Å²) in [6.07, 6.45) is 3.01. The van der Waals surface area contributed by atoms with Crippen LogP contribution < -0.4 is 14.8 Å². The SMILES string of the molecule is Cc1ccn2c(NC(C)(C)CC(C)(C)C)c(-c3cccc(OC(=O)COc4ccccc4)c3)nc2c1. The molecule has 0 atom stereocenters. The van der Waals surface area contributed by atoms with Crippen molar-refractivity contribution >= 4 is 17.4 Å². The van der Waals surface area contributed by atoms with Crippen molar-refractivity contribution in [2.75, 3.05) is 11.9 Å². The number of anilines is 1. The predicted molar refractivity (Wildman–Crippen MR) is 145 cm³/mol. The Kier molecular flexibility index (Phi) is 7.07. The van der Waals surface area contributed by atoms with Gasteiger partial charge in [-0.25, -0.2) is 9.78 Å². The highest BCUT2D eigenvalue weighted by Gasteiger charge is 2.28. The summed E-state index contributed by atoms with van der Waals surface area (Å²) in [5.74, 6) is 1.51. The molecule has 4 rings (SSSR count). The van der Waals surface area contributed by atoms with Crippen molar-refractivity contribution in [2.45, 2.75) is 53.5 Å². The van der Waals surface area contributed by atoms with Gasteiger partial charge in [-0.3, -0.25) is 4.40 Å². The fourth-order valence-electron chi connectivity index (χ4n) is 4.68. The van der Waals surface area contributed by atoms with Crippen molar-refractivity contribution < 1.29 is 14.3 Å². The Morgan fingerprint density at radius 3 is 2.39 bits per heavy atom. The maximum absolute atomic E-state index is 12.4. The van der Waals surface area contributed by atoms with Gasteiger partial charge in [0, 0.05) is 17.3 Å². The average Bonchev–Trinajstić information content (AvgIpc) is 3.13. The number of aryl methyl sites for hydroxylation is 1. The standard InChI is InChI=1S/C30H35N3O3/c1-21-15-16-33-25(17-21)31-27(28(33)32-30(5,6)20-29(2,3)4)22-11-10-14-24(18-22)36-26(34)19-35-23-12-8-7-9-13-23/h7-18,32H,19-20H2,1-6H3. The molecule has 0 unspecified atom stereocenters. The van der Waals surface area contributed by atoms with E-state index in [2.05, 4.69) is 63.4 Å². The number of esters is 1. The highest BCUT2D eigenvalue weighted by atomic mass is 16.6. The molecule has 0 radical (unpaired) electrons. The molecule has 0 saturated heterocycles. The number of hydrogen-bond acceptors (Lipinski definition) is 5. The highest BCUT2D eigenvalue weighted by molar-refractivity contribution is 5.79. The number of para-hydroxylation sites is 1. The van der Waals surface area contributed by atoms with Crippen LogP contribution in [0.2, 0.25) is 0 Å². The van der Waals surface area contributed by atoms with Crippen LogP contribution in [0.1, 0.15) is 46.6 Å². The first-order chi connectivity index (χ1) is 17.0. The van der Waals surface area contributed by atoms with E-state index in [1.807, 2.05) is 42.6 Å². The summed E-state index contributed by atoms with van der Waals surface area (Å²) in [6.45, 7) is 13.0. The quantitative estimate of drug-likeness (QED) is 0.217. The molecule has 0 amide bonds. The Morgan fingerprint density at radius 2 is 1.67 bits per heavy atom. The number of ether oxygens (including phenoxy) is 2. The second-order valence-corrected chi connectivity index (χ2v) is 11.1. The molecule has 6 heteroatoms. The fourth-order valence-corrected chi connectivity index (χ4v) is 4.68. The molecule has 1 N–H and O–H groups in total. The van der Waals surface area contributed by atoms with Gasteiger partial charge in [0.05, 0.1) is 0 Å². The lowest BCUT2D eigenvalue weighted by Crippen LogP contribution is -2.36. The van der Waals surface area contributed by atoms with Gasteiger partial charge < -0.3 is 14.8 Å². The average molecular weight is 486 g/mol. The summed E-state index contributed by atoms with van der Waals surface area (Å²) >= 11 is 0. The van der Waals surface area contributed by atoms with Gasteiger partial charge in [-0.15, -0.1) is 0 Å². The molecule has 2 heterocycles. The molecule has 6 nitrogen and oxygen atoms in total. The van der Waals surface area contributed by atoms with Crippen LogP contribution in [0.15, 0.2) is 72.9 Å². The van der Waals surface area contributed by atoms with Crippen molar-refractivity contribution in [3.8, 4) is 22.8 Å². The van der Waals surface area contributed by atoms with Gasteiger partial charge in [-0.1, -0.05) is 51.1 Å². The van der Waals surface area contributed by atoms with Crippen LogP contribution in [-0.4, -0.2) is 27.5 Å². The third kappa shape index (κ3) is 6.45. The number of aromatic nitrogens is 2. The molecule has 0 fully saturated rings. The predicted octanol–water partition coefficient (Wildman–Crippen LogP) is 6.92. The lowest BCUT2D eigenvalue weighted by Gasteiger charge is -2.34. The van der Waals surface area contributed by atoms with Gasteiger partial charge in [0.2, 0.25) is 0 Å². The zero-order valence-corrected chi connectivity index (χ0v) is 22.0. The Bertz CT molecular complexity index is 1350. The van der Waals surface area contributed by atoms with Crippen molar-refractivity contribution in [2.24, 2.45) is 5.41 Å². The van der Waals surface area contributed by atoms with Gasteiger partial charge in [0.15, 0.2) is 6.61 Å². The van der Waals surface area contributed by atoms with E-state index in [-0.39, 0.29) is 17.6 Å². The minimum absolute atomic E-state index is 0.156. The zero-order chi connectivity index (χ0) is 25.9. The molecule has 0 aliphatic carbocycles. The summed E-state index contributed by atoms with van der Waals surface area (Å²) in [4.78, 5) is 17.4. The molecule has 188 valence electrons. The maximum atomic E-state index is 12.4. The minimum atomic E-state index is -0.466. The summed E-state index contributed by atoms with van der Waals surface area (Å²) in [5, 5.41) is 3.76. The summed E-state index contributed by atoms with van der Waals surface area (Å²) in [6, 6.07) is 20.8. The Morgan fingerprint density at radius 1 is 0.944 bits per heavy atom. The van der Waals surface area contributed by atoms with Crippen LogP contribution in [-0.2, 0) is 4.79 Å². The molecule has 2 aromatic carbocycles. The fraction of sp³-hybridized carbons (Fsp3) is 0.333. The number of nitrogens with zero attached hydrogens (tertiary/aromatic N) is 2. The Hall–Kier alpha value is -3.80. The van der Waals surface area contributed by atoms with Crippen LogP contribution in [0.5, 0.6) is 11.5 Å². The number of rotatable bonds is 8. The number of benzene rings is 2. The Labute approximate surface area is 213 Å². The molecule has 36 heavy (non-hydrogen) atoms. The van der Waals surface area contributed by atoms with E-state index in [0.29, 0.717) is 11.5 Å². The number of carbonyl (C=O) groups excluding carboxylic acids is 1. The second-order valence-electron chi connectivity index (χ2n) is 11.1. The normalized spacial score (nSPS) is 11.9. The summed E-state index contributed by atoms with van der Waals surface area (Å²) < 4.78 is 13.2. The first-order valence-electron chi connectivity index (χ1n) is 12.2. The molecule has 0 saturated carbocycles. The summed E-state index contributed by atoms with van der Waals surface area (Å²) in [7, 11) is 0. The van der Waals surface area contributed by atoms with Crippen molar-refractivity contribution in [1.82, 2.24) is 9.38 Å². The van der Waals surface area contributed by atoms with E-state index < -0.39 is 5.97 Å². The van der Waals surface area contributed by atoms with Gasteiger partial charge in [0.1, 0.15) is 28.7 Å². The summed E-state index contributed by atoms with van der Waals surface area (Å²) in [5.41, 5.74) is 3.65. The van der Waals surface area contributed by atoms with E-state index in [9.17, 15) is 4.79 Å². The topological polar surface area (TPSA) is 64.9 Å². The minimum Gasteiger partial charge on any atom is -0.482 e. The second kappa shape index (κ2) is 10.1. The molecule has 0 spiro atoms. The smallest absolute Gasteiger partial charge is 0.349 e. The maximum Gasteiger partial charge on any atom is 0.349 e. The van der Waals surface area contributed by atoms with E-state index in [4.69, 9.17) is 14.5 Å². The lowest BCUT2D eigenvalue weighted by molar-refractivity contribution is -0.136. The lowest BCUT2D eigenvalue weighted by atomic mass is 9.82. The molecule has 0 bridgehead atoms. The zero-order valence-electron chi connectivity index (χ0n) is 22.0. The largest absolute Gasteiger partial charge is 0.482 e. The van der Waals surface area contributed by atoms with Gasteiger partial charge in [-0.2, -0.15) is 0 Å². The molecular weight excluding hydrogens is 450 g/mol. The molecular formula is C30H35N3O3. The Balaban J connectivity index is 1.62. The molecule has 4 aromatic rings. The number of imidazole rings is 1. The molecule has 2 aromatic heterocycles. The number of hydrogen-bond donors (Lipinski definition) is 1.